The van der Waals surface area contributed by atoms with Gasteiger partial charge in [0, 0.05) is 47.2 Å². The fourth-order valence-corrected chi connectivity index (χ4v) is 3.50. The molecule has 1 aromatic heterocycles. The molecule has 0 saturated carbocycles. The summed E-state index contributed by atoms with van der Waals surface area (Å²) in [7, 11) is 0. The molecule has 2 aromatic carbocycles. The molecule has 0 radical (unpaired) electrons. The summed E-state index contributed by atoms with van der Waals surface area (Å²) in [5, 5.41) is 10.1. The van der Waals surface area contributed by atoms with Crippen LogP contribution < -0.4 is 0 Å². The predicted octanol–water partition coefficient (Wildman–Crippen LogP) is 3.37. The zero-order chi connectivity index (χ0) is 17.6. The number of aromatic carboxylic acids is 1. The lowest BCUT2D eigenvalue weighted by Gasteiger charge is -2.28. The molecule has 2 heterocycles. The largest absolute Gasteiger partial charge is 0.478 e. The molecule has 1 aliphatic heterocycles. The van der Waals surface area contributed by atoms with Crippen LogP contribution in [0, 0.1) is 6.92 Å². The number of hydrogen-bond acceptors (Lipinski definition) is 2. The maximum atomic E-state index is 12.9. The van der Waals surface area contributed by atoms with E-state index in [1.54, 1.807) is 18.2 Å². The van der Waals surface area contributed by atoms with Gasteiger partial charge in [0.05, 0.1) is 5.56 Å². The van der Waals surface area contributed by atoms with Crippen LogP contribution in [0.1, 0.15) is 37.5 Å². The Labute approximate surface area is 144 Å². The van der Waals surface area contributed by atoms with Crippen LogP contribution in [-0.4, -0.2) is 33.4 Å². The number of carbonyl (C=O) groups excluding carboxylic acids is 1. The van der Waals surface area contributed by atoms with Gasteiger partial charge in [-0.1, -0.05) is 18.2 Å². The highest BCUT2D eigenvalue weighted by molar-refractivity contribution is 5.97. The number of benzene rings is 2. The second-order valence-corrected chi connectivity index (χ2v) is 6.44. The smallest absolute Gasteiger partial charge is 0.335 e. The van der Waals surface area contributed by atoms with Gasteiger partial charge in [0.25, 0.3) is 5.91 Å². The van der Waals surface area contributed by atoms with E-state index in [0.29, 0.717) is 13.1 Å². The van der Waals surface area contributed by atoms with Crippen molar-refractivity contribution in [2.45, 2.75) is 19.9 Å². The van der Waals surface area contributed by atoms with Crippen molar-refractivity contribution < 1.29 is 14.7 Å². The third-order valence-corrected chi connectivity index (χ3v) is 4.88. The van der Waals surface area contributed by atoms with Crippen molar-refractivity contribution in [3.8, 4) is 0 Å². The zero-order valence-corrected chi connectivity index (χ0v) is 13.9. The first-order valence-corrected chi connectivity index (χ1v) is 8.26. The van der Waals surface area contributed by atoms with Gasteiger partial charge in [-0.05, 0) is 36.8 Å². The molecule has 2 N–H and O–H groups in total. The molecule has 0 spiro atoms. The molecule has 0 saturated heterocycles. The Hall–Kier alpha value is -3.08. The minimum absolute atomic E-state index is 0.0208. The van der Waals surface area contributed by atoms with Crippen LogP contribution >= 0.6 is 0 Å². The highest BCUT2D eigenvalue weighted by Crippen LogP contribution is 2.29. The molecule has 0 fully saturated rings. The van der Waals surface area contributed by atoms with Crippen LogP contribution in [0.4, 0.5) is 0 Å². The Morgan fingerprint density at radius 3 is 2.72 bits per heavy atom. The van der Waals surface area contributed by atoms with Gasteiger partial charge in [0.15, 0.2) is 0 Å². The Morgan fingerprint density at radius 2 is 1.96 bits per heavy atom. The number of carbonyl (C=O) groups is 2. The van der Waals surface area contributed by atoms with Crippen molar-refractivity contribution in [1.82, 2.24) is 9.88 Å². The van der Waals surface area contributed by atoms with E-state index >= 15 is 0 Å². The van der Waals surface area contributed by atoms with Crippen molar-refractivity contribution in [3.05, 3.63) is 70.4 Å². The van der Waals surface area contributed by atoms with Gasteiger partial charge in [-0.25, -0.2) is 4.79 Å². The van der Waals surface area contributed by atoms with E-state index in [1.807, 2.05) is 36.1 Å². The van der Waals surface area contributed by atoms with E-state index in [4.69, 9.17) is 0 Å². The summed E-state index contributed by atoms with van der Waals surface area (Å²) >= 11 is 0. The summed E-state index contributed by atoms with van der Waals surface area (Å²) in [5.74, 6) is -0.923. The minimum atomic E-state index is -0.944. The van der Waals surface area contributed by atoms with Crippen LogP contribution in [0.5, 0.6) is 0 Å². The number of carboxylic acids is 1. The van der Waals surface area contributed by atoms with E-state index in [9.17, 15) is 14.7 Å². The highest BCUT2D eigenvalue weighted by Gasteiger charge is 2.25. The van der Waals surface area contributed by atoms with E-state index in [2.05, 4.69) is 4.98 Å². The topological polar surface area (TPSA) is 73.4 Å². The number of aromatic amines is 1. The van der Waals surface area contributed by atoms with Crippen molar-refractivity contribution in [2.24, 2.45) is 0 Å². The maximum absolute atomic E-state index is 12.9. The van der Waals surface area contributed by atoms with Gasteiger partial charge in [0.1, 0.15) is 0 Å². The molecule has 4 rings (SSSR count). The number of H-pyrrole nitrogens is 1. The molecule has 5 nitrogen and oxygen atoms in total. The molecule has 1 aliphatic rings. The van der Waals surface area contributed by atoms with Crippen LogP contribution in [0.3, 0.4) is 0 Å². The number of hydrogen-bond donors (Lipinski definition) is 2. The Bertz CT molecular complexity index is 1000. The lowest BCUT2D eigenvalue weighted by atomic mass is 10.0. The number of aromatic nitrogens is 1. The third-order valence-electron chi connectivity index (χ3n) is 4.88. The highest BCUT2D eigenvalue weighted by atomic mass is 16.4. The minimum Gasteiger partial charge on any atom is -0.478 e. The van der Waals surface area contributed by atoms with Gasteiger partial charge >= 0.3 is 5.97 Å². The molecular weight excluding hydrogens is 316 g/mol. The fourth-order valence-electron chi connectivity index (χ4n) is 3.50. The maximum Gasteiger partial charge on any atom is 0.335 e. The molecular formula is C20H18N2O3. The quantitative estimate of drug-likeness (QED) is 0.754. The summed E-state index contributed by atoms with van der Waals surface area (Å²) in [6.45, 7) is 3.08. The van der Waals surface area contributed by atoms with Gasteiger partial charge in [-0.3, -0.25) is 4.79 Å². The van der Waals surface area contributed by atoms with E-state index < -0.39 is 5.97 Å². The Morgan fingerprint density at radius 1 is 1.16 bits per heavy atom. The molecule has 0 aliphatic carbocycles. The van der Waals surface area contributed by atoms with E-state index in [0.717, 1.165) is 39.7 Å². The van der Waals surface area contributed by atoms with E-state index in [-0.39, 0.29) is 11.5 Å². The standard InChI is InChI=1S/C20H18N2O3/c1-12-4-2-3-5-14(12)19(23)22-9-8-18-16(11-22)15-10-13(20(24)25)6-7-17(15)21-18/h2-7,10,21H,8-9,11H2,1H3,(H,24,25). The summed E-state index contributed by atoms with van der Waals surface area (Å²) < 4.78 is 0. The molecule has 5 heteroatoms. The molecule has 25 heavy (non-hydrogen) atoms. The van der Waals surface area contributed by atoms with Gasteiger partial charge < -0.3 is 15.0 Å². The number of amides is 1. The average molecular weight is 334 g/mol. The third kappa shape index (κ3) is 2.58. The fraction of sp³-hybridized carbons (Fsp3) is 0.200. The molecule has 0 atom stereocenters. The average Bonchev–Trinajstić information content (AvgIpc) is 2.98. The molecule has 0 bridgehead atoms. The molecule has 1 amide bonds. The van der Waals surface area contributed by atoms with Crippen LogP contribution in [0.2, 0.25) is 0 Å². The molecule has 3 aromatic rings. The van der Waals surface area contributed by atoms with Crippen LogP contribution in [-0.2, 0) is 13.0 Å². The van der Waals surface area contributed by atoms with Crippen LogP contribution in [0.15, 0.2) is 42.5 Å². The summed E-state index contributed by atoms with van der Waals surface area (Å²) in [6, 6.07) is 12.7. The van der Waals surface area contributed by atoms with Crippen LogP contribution in [0.25, 0.3) is 10.9 Å². The second-order valence-electron chi connectivity index (χ2n) is 6.44. The lowest BCUT2D eigenvalue weighted by molar-refractivity contribution is 0.0694. The van der Waals surface area contributed by atoms with Crippen molar-refractivity contribution in [3.63, 3.8) is 0 Å². The normalized spacial score (nSPS) is 13.7. The first kappa shape index (κ1) is 15.4. The van der Waals surface area contributed by atoms with E-state index in [1.165, 1.54) is 0 Å². The molecule has 126 valence electrons. The summed E-state index contributed by atoms with van der Waals surface area (Å²) in [5.41, 5.74) is 4.97. The van der Waals surface area contributed by atoms with Crippen molar-refractivity contribution in [1.29, 1.82) is 0 Å². The summed E-state index contributed by atoms with van der Waals surface area (Å²) in [6.07, 6.45) is 0.740. The monoisotopic (exact) mass is 334 g/mol. The number of aryl methyl sites for hydroxylation is 1. The molecule has 0 unspecified atom stereocenters. The lowest BCUT2D eigenvalue weighted by Crippen LogP contribution is -2.36. The SMILES string of the molecule is Cc1ccccc1C(=O)N1CCc2[nH]c3ccc(C(=O)O)cc3c2C1. The number of fused-ring (bicyclic) bond motifs is 3. The zero-order valence-electron chi connectivity index (χ0n) is 13.9. The number of nitrogens with zero attached hydrogens (tertiary/aromatic N) is 1. The first-order chi connectivity index (χ1) is 12.0. The number of carboxylic acid groups (broad SMARTS) is 1. The predicted molar refractivity (Wildman–Crippen MR) is 94.9 cm³/mol. The Kier molecular flexibility index (Phi) is 3.57. The van der Waals surface area contributed by atoms with Gasteiger partial charge in [-0.2, -0.15) is 0 Å². The second kappa shape index (κ2) is 5.77. The van der Waals surface area contributed by atoms with Gasteiger partial charge in [-0.15, -0.1) is 0 Å². The summed E-state index contributed by atoms with van der Waals surface area (Å²) in [4.78, 5) is 29.3. The Balaban J connectivity index is 1.71. The van der Waals surface area contributed by atoms with Crippen molar-refractivity contribution >= 4 is 22.8 Å². The van der Waals surface area contributed by atoms with Crippen molar-refractivity contribution in [2.75, 3.05) is 6.54 Å². The van der Waals surface area contributed by atoms with Gasteiger partial charge in [0.2, 0.25) is 0 Å². The number of rotatable bonds is 2. The number of nitrogens with one attached hydrogen (secondary N) is 1. The first-order valence-electron chi connectivity index (χ1n) is 8.26.